The Kier molecular flexibility index (Phi) is 6.80. The van der Waals surface area contributed by atoms with E-state index in [1.54, 1.807) is 18.3 Å². The Labute approximate surface area is 200 Å². The summed E-state index contributed by atoms with van der Waals surface area (Å²) >= 11 is 1.64. The summed E-state index contributed by atoms with van der Waals surface area (Å²) in [6.07, 6.45) is 3.01. The van der Waals surface area contributed by atoms with Crippen molar-refractivity contribution in [2.75, 3.05) is 11.5 Å². The van der Waals surface area contributed by atoms with Crippen molar-refractivity contribution in [1.82, 2.24) is 4.98 Å². The molecule has 2 heterocycles. The van der Waals surface area contributed by atoms with Gasteiger partial charge in [-0.2, -0.15) is 0 Å². The number of anilines is 1. The van der Waals surface area contributed by atoms with E-state index in [1.807, 2.05) is 32.0 Å². The van der Waals surface area contributed by atoms with Crippen molar-refractivity contribution in [3.05, 3.63) is 28.1 Å². The maximum Gasteiger partial charge on any atom is 0.329 e. The number of hydrogen-bond acceptors (Lipinski definition) is 6. The van der Waals surface area contributed by atoms with Crippen LogP contribution in [0.3, 0.4) is 0 Å². The summed E-state index contributed by atoms with van der Waals surface area (Å²) in [5, 5.41) is 0.989. The monoisotopic (exact) mass is 470 g/mol. The van der Waals surface area contributed by atoms with E-state index < -0.39 is 6.04 Å². The van der Waals surface area contributed by atoms with Crippen LogP contribution in [0.1, 0.15) is 56.8 Å². The van der Waals surface area contributed by atoms with Gasteiger partial charge >= 0.3 is 5.97 Å². The number of rotatable bonds is 5. The number of amides is 1. The Morgan fingerprint density at radius 2 is 2.00 bits per heavy atom. The first-order valence-corrected chi connectivity index (χ1v) is 12.7. The van der Waals surface area contributed by atoms with Crippen molar-refractivity contribution in [3.8, 4) is 17.0 Å². The van der Waals surface area contributed by atoms with Crippen LogP contribution in [0.2, 0.25) is 0 Å². The zero-order valence-electron chi connectivity index (χ0n) is 20.4. The van der Waals surface area contributed by atoms with Crippen molar-refractivity contribution >= 4 is 28.9 Å². The predicted octanol–water partition coefficient (Wildman–Crippen LogP) is 5.54. The largest absolute Gasteiger partial charge is 0.482 e. The number of thiazole rings is 1. The molecule has 2 aliphatic rings. The number of benzene rings is 1. The summed E-state index contributed by atoms with van der Waals surface area (Å²) in [5.41, 5.74) is 2.39. The van der Waals surface area contributed by atoms with Crippen LogP contribution in [-0.4, -0.2) is 35.6 Å². The molecule has 1 aromatic carbocycles. The van der Waals surface area contributed by atoms with Crippen LogP contribution < -0.4 is 9.64 Å². The maximum atomic E-state index is 13.3. The van der Waals surface area contributed by atoms with Crippen LogP contribution >= 0.6 is 11.3 Å². The standard InChI is InChI=1S/C26H34N2O4S/c1-14(2)20-9-7-15(3)11-23(20)32-26(30)16(4)28-21-12-19(25-17(5)33-18(6)27-25)8-10-22(21)31-13-24(28)29/h8,10,12,14-16,20,23H,7,9,11,13H2,1-6H3. The fraction of sp³-hybridized carbons (Fsp3) is 0.577. The topological polar surface area (TPSA) is 68.7 Å². The number of carbonyl (C=O) groups is 2. The van der Waals surface area contributed by atoms with Crippen LogP contribution in [0.25, 0.3) is 11.3 Å². The summed E-state index contributed by atoms with van der Waals surface area (Å²) in [7, 11) is 0. The van der Waals surface area contributed by atoms with Gasteiger partial charge in [-0.1, -0.05) is 27.2 Å². The minimum absolute atomic E-state index is 0.0894. The minimum atomic E-state index is -0.737. The number of carbonyl (C=O) groups excluding carboxylic acids is 2. The maximum absolute atomic E-state index is 13.3. The molecule has 0 bridgehead atoms. The molecule has 0 radical (unpaired) electrons. The molecule has 4 unspecified atom stereocenters. The Bertz CT molecular complexity index is 1050. The van der Waals surface area contributed by atoms with Gasteiger partial charge in [-0.15, -0.1) is 11.3 Å². The lowest BCUT2D eigenvalue weighted by Crippen LogP contribution is -2.50. The van der Waals surface area contributed by atoms with E-state index in [-0.39, 0.29) is 24.6 Å². The third-order valence-electron chi connectivity index (χ3n) is 6.97. The number of esters is 1. The molecule has 0 N–H and O–H groups in total. The lowest BCUT2D eigenvalue weighted by Gasteiger charge is -2.38. The highest BCUT2D eigenvalue weighted by Crippen LogP contribution is 2.39. The molecule has 1 aliphatic heterocycles. The Hall–Kier alpha value is -2.41. The number of aryl methyl sites for hydroxylation is 2. The molecule has 33 heavy (non-hydrogen) atoms. The smallest absolute Gasteiger partial charge is 0.329 e. The van der Waals surface area contributed by atoms with Gasteiger partial charge in [-0.05, 0) is 69.6 Å². The second-order valence-corrected chi connectivity index (χ2v) is 11.3. The molecule has 0 spiro atoms. The molecule has 178 valence electrons. The van der Waals surface area contributed by atoms with Crippen molar-refractivity contribution in [1.29, 1.82) is 0 Å². The van der Waals surface area contributed by atoms with Crippen LogP contribution in [-0.2, 0) is 14.3 Å². The van der Waals surface area contributed by atoms with Gasteiger partial charge in [0.15, 0.2) is 6.61 Å². The number of ether oxygens (including phenoxy) is 2. The molecule has 6 nitrogen and oxygen atoms in total. The first-order valence-electron chi connectivity index (χ1n) is 11.9. The summed E-state index contributed by atoms with van der Waals surface area (Å²) in [6, 6.07) is 4.97. The van der Waals surface area contributed by atoms with E-state index in [2.05, 4.69) is 25.8 Å². The van der Waals surface area contributed by atoms with Gasteiger partial charge in [0.2, 0.25) is 0 Å². The van der Waals surface area contributed by atoms with Crippen LogP contribution in [0.4, 0.5) is 5.69 Å². The third-order valence-corrected chi connectivity index (χ3v) is 7.86. The SMILES string of the molecule is Cc1nc(-c2ccc3c(c2)N(C(C)C(=O)OC2CC(C)CCC2C(C)C)C(=O)CO3)c(C)s1. The molecule has 1 fully saturated rings. The van der Waals surface area contributed by atoms with Gasteiger partial charge in [-0.25, -0.2) is 9.78 Å². The lowest BCUT2D eigenvalue weighted by molar-refractivity contribution is -0.158. The van der Waals surface area contributed by atoms with Crippen LogP contribution in [0, 0.1) is 31.6 Å². The Balaban J connectivity index is 1.61. The molecular weight excluding hydrogens is 436 g/mol. The number of nitrogens with zero attached hydrogens (tertiary/aromatic N) is 2. The molecule has 1 aromatic heterocycles. The molecule has 1 saturated carbocycles. The quantitative estimate of drug-likeness (QED) is 0.536. The van der Waals surface area contributed by atoms with Crippen LogP contribution in [0.5, 0.6) is 5.75 Å². The second kappa shape index (κ2) is 9.45. The van der Waals surface area contributed by atoms with E-state index in [9.17, 15) is 9.59 Å². The Morgan fingerprint density at radius 1 is 1.24 bits per heavy atom. The van der Waals surface area contributed by atoms with E-state index >= 15 is 0 Å². The van der Waals surface area contributed by atoms with Gasteiger partial charge in [-0.3, -0.25) is 9.69 Å². The second-order valence-electron chi connectivity index (χ2n) is 9.85. The zero-order valence-corrected chi connectivity index (χ0v) is 21.2. The highest BCUT2D eigenvalue weighted by molar-refractivity contribution is 7.11. The molecule has 0 saturated heterocycles. The van der Waals surface area contributed by atoms with Gasteiger partial charge in [0, 0.05) is 10.4 Å². The first kappa shape index (κ1) is 23.7. The summed E-state index contributed by atoms with van der Waals surface area (Å²) in [5.74, 6) is 1.33. The predicted molar refractivity (Wildman–Crippen MR) is 131 cm³/mol. The highest BCUT2D eigenvalue weighted by Gasteiger charge is 2.38. The molecular formula is C26H34N2O4S. The van der Waals surface area contributed by atoms with Gasteiger partial charge in [0.05, 0.1) is 16.4 Å². The molecule has 4 rings (SSSR count). The van der Waals surface area contributed by atoms with Gasteiger partial charge < -0.3 is 9.47 Å². The van der Waals surface area contributed by atoms with Crippen molar-refractivity contribution in [2.45, 2.75) is 73.0 Å². The van der Waals surface area contributed by atoms with E-state index in [4.69, 9.17) is 9.47 Å². The van der Waals surface area contributed by atoms with Crippen molar-refractivity contribution in [3.63, 3.8) is 0 Å². The van der Waals surface area contributed by atoms with Crippen molar-refractivity contribution < 1.29 is 19.1 Å². The minimum Gasteiger partial charge on any atom is -0.482 e. The fourth-order valence-corrected chi connectivity index (χ4v) is 5.98. The highest BCUT2D eigenvalue weighted by atomic mass is 32.1. The lowest BCUT2D eigenvalue weighted by atomic mass is 9.75. The summed E-state index contributed by atoms with van der Waals surface area (Å²) < 4.78 is 11.7. The van der Waals surface area contributed by atoms with E-state index in [0.717, 1.165) is 34.0 Å². The summed E-state index contributed by atoms with van der Waals surface area (Å²) in [4.78, 5) is 33.5. The normalized spacial score (nSPS) is 23.8. The molecule has 1 amide bonds. The number of fused-ring (bicyclic) bond motifs is 1. The zero-order chi connectivity index (χ0) is 23.9. The molecule has 1 aliphatic carbocycles. The summed E-state index contributed by atoms with van der Waals surface area (Å²) in [6.45, 7) is 12.3. The third kappa shape index (κ3) is 4.79. The first-order chi connectivity index (χ1) is 15.7. The average Bonchev–Trinajstić information content (AvgIpc) is 3.10. The Morgan fingerprint density at radius 3 is 2.67 bits per heavy atom. The molecule has 4 atom stereocenters. The van der Waals surface area contributed by atoms with E-state index in [1.165, 1.54) is 11.3 Å². The van der Waals surface area contributed by atoms with Gasteiger partial charge in [0.1, 0.15) is 17.9 Å². The van der Waals surface area contributed by atoms with Gasteiger partial charge in [0.25, 0.3) is 5.91 Å². The van der Waals surface area contributed by atoms with Crippen molar-refractivity contribution in [2.24, 2.45) is 17.8 Å². The van der Waals surface area contributed by atoms with E-state index in [0.29, 0.717) is 29.2 Å². The average molecular weight is 471 g/mol. The molecule has 7 heteroatoms. The van der Waals surface area contributed by atoms with Crippen LogP contribution in [0.15, 0.2) is 18.2 Å². The molecule has 2 aromatic rings. The number of hydrogen-bond donors (Lipinski definition) is 0. The number of aromatic nitrogens is 1. The fourth-order valence-electron chi connectivity index (χ4n) is 5.14.